The molecule has 0 atom stereocenters. The summed E-state index contributed by atoms with van der Waals surface area (Å²) in [4.78, 5) is 11.3. The van der Waals surface area contributed by atoms with Gasteiger partial charge >= 0.3 is 0 Å². The van der Waals surface area contributed by atoms with Crippen LogP contribution in [-0.4, -0.2) is 9.94 Å². The number of hydrogen-bond donors (Lipinski definition) is 1. The summed E-state index contributed by atoms with van der Waals surface area (Å²) < 4.78 is 13.3. The van der Waals surface area contributed by atoms with E-state index >= 15 is 0 Å². The number of rotatable bonds is 1. The highest BCUT2D eigenvalue weighted by Crippen LogP contribution is 2.18. The summed E-state index contributed by atoms with van der Waals surface area (Å²) in [6, 6.07) is 8.57. The predicted molar refractivity (Wildman–Crippen MR) is 58.0 cm³/mol. The topological polar surface area (TPSA) is 42.2 Å². The van der Waals surface area contributed by atoms with Crippen LogP contribution in [0.4, 0.5) is 4.39 Å². The lowest BCUT2D eigenvalue weighted by atomic mass is 10.1. The van der Waals surface area contributed by atoms with Gasteiger partial charge in [0.05, 0.1) is 5.69 Å². The first-order valence-electron chi connectivity index (χ1n) is 4.77. The van der Waals surface area contributed by atoms with Gasteiger partial charge in [-0.1, -0.05) is 0 Å². The van der Waals surface area contributed by atoms with Gasteiger partial charge in [-0.25, -0.2) is 4.39 Å². The quantitative estimate of drug-likeness (QED) is 0.747. The summed E-state index contributed by atoms with van der Waals surface area (Å²) in [6.07, 6.45) is 0. The minimum Gasteiger partial charge on any atom is -0.425 e. The highest BCUT2D eigenvalue weighted by atomic mass is 19.1. The molecular formula is C12H10FNO2. The van der Waals surface area contributed by atoms with Crippen LogP contribution in [0.15, 0.2) is 41.2 Å². The van der Waals surface area contributed by atoms with E-state index in [1.807, 2.05) is 0 Å². The molecule has 0 aliphatic carbocycles. The lowest BCUT2D eigenvalue weighted by molar-refractivity contribution is 0.179. The van der Waals surface area contributed by atoms with Crippen LogP contribution in [0.5, 0.6) is 0 Å². The van der Waals surface area contributed by atoms with E-state index in [1.54, 1.807) is 13.0 Å². The third-order valence-electron chi connectivity index (χ3n) is 2.29. The number of benzene rings is 1. The summed E-state index contributed by atoms with van der Waals surface area (Å²) in [5.74, 6) is -0.358. The molecule has 0 spiro atoms. The van der Waals surface area contributed by atoms with Gasteiger partial charge in [0.15, 0.2) is 0 Å². The van der Waals surface area contributed by atoms with Crippen LogP contribution in [0.2, 0.25) is 0 Å². The average Bonchev–Trinajstić information content (AvgIpc) is 2.25. The van der Waals surface area contributed by atoms with Crippen molar-refractivity contribution in [3.05, 3.63) is 58.1 Å². The van der Waals surface area contributed by atoms with E-state index in [0.29, 0.717) is 16.0 Å². The molecule has 1 aromatic heterocycles. The molecule has 0 fully saturated rings. The summed E-state index contributed by atoms with van der Waals surface area (Å²) in [6.45, 7) is 1.76. The third kappa shape index (κ3) is 1.82. The zero-order chi connectivity index (χ0) is 11.7. The number of aromatic nitrogens is 1. The Balaban J connectivity index is 2.64. The molecule has 1 N–H and O–H groups in total. The molecule has 2 aromatic rings. The molecule has 82 valence electrons. The van der Waals surface area contributed by atoms with Crippen molar-refractivity contribution in [2.75, 3.05) is 0 Å². The normalized spacial score (nSPS) is 10.4. The van der Waals surface area contributed by atoms with E-state index in [1.165, 1.54) is 30.3 Å². The second-order valence-electron chi connectivity index (χ2n) is 3.57. The highest BCUT2D eigenvalue weighted by Gasteiger charge is 2.06. The van der Waals surface area contributed by atoms with Crippen molar-refractivity contribution in [3.8, 4) is 11.3 Å². The van der Waals surface area contributed by atoms with E-state index < -0.39 is 5.56 Å². The molecule has 0 unspecified atom stereocenters. The maximum atomic E-state index is 12.7. The van der Waals surface area contributed by atoms with Crippen LogP contribution in [0.3, 0.4) is 0 Å². The standard InChI is InChI=1S/C12H10FNO2/c1-8-6-11(14(16)12(15)7-8)9-2-4-10(13)5-3-9/h2-7,16H,1H3. The van der Waals surface area contributed by atoms with Crippen molar-refractivity contribution in [2.24, 2.45) is 0 Å². The van der Waals surface area contributed by atoms with Gasteiger partial charge in [-0.3, -0.25) is 4.79 Å². The molecule has 0 radical (unpaired) electrons. The van der Waals surface area contributed by atoms with E-state index in [-0.39, 0.29) is 5.82 Å². The summed E-state index contributed by atoms with van der Waals surface area (Å²) in [5, 5.41) is 9.56. The molecule has 3 nitrogen and oxygen atoms in total. The Bertz CT molecular complexity index is 573. The predicted octanol–water partition coefficient (Wildman–Crippen LogP) is 2.20. The Morgan fingerprint density at radius 2 is 1.81 bits per heavy atom. The SMILES string of the molecule is Cc1cc(-c2ccc(F)cc2)n(O)c(=O)c1. The molecular weight excluding hydrogens is 209 g/mol. The number of halogens is 1. The van der Waals surface area contributed by atoms with Crippen molar-refractivity contribution >= 4 is 0 Å². The Labute approximate surface area is 91.4 Å². The molecule has 0 aliphatic heterocycles. The molecule has 1 heterocycles. The van der Waals surface area contributed by atoms with Crippen molar-refractivity contribution < 1.29 is 9.60 Å². The lowest BCUT2D eigenvalue weighted by Gasteiger charge is -2.07. The number of aryl methyl sites for hydroxylation is 1. The number of hydrogen-bond acceptors (Lipinski definition) is 2. The zero-order valence-electron chi connectivity index (χ0n) is 8.64. The summed E-state index contributed by atoms with van der Waals surface area (Å²) in [7, 11) is 0. The Morgan fingerprint density at radius 1 is 1.19 bits per heavy atom. The lowest BCUT2D eigenvalue weighted by Crippen LogP contribution is -2.18. The fourth-order valence-electron chi connectivity index (χ4n) is 1.52. The first-order valence-corrected chi connectivity index (χ1v) is 4.77. The summed E-state index contributed by atoms with van der Waals surface area (Å²) >= 11 is 0. The monoisotopic (exact) mass is 219 g/mol. The van der Waals surface area contributed by atoms with Crippen LogP contribution in [-0.2, 0) is 0 Å². The Hall–Kier alpha value is -2.10. The van der Waals surface area contributed by atoms with Crippen LogP contribution in [0, 0.1) is 12.7 Å². The highest BCUT2D eigenvalue weighted by molar-refractivity contribution is 5.59. The van der Waals surface area contributed by atoms with Gasteiger partial charge in [0.1, 0.15) is 5.82 Å². The van der Waals surface area contributed by atoms with Crippen LogP contribution in [0.1, 0.15) is 5.56 Å². The Kier molecular flexibility index (Phi) is 2.48. The molecule has 16 heavy (non-hydrogen) atoms. The van der Waals surface area contributed by atoms with Crippen LogP contribution < -0.4 is 5.56 Å². The fourth-order valence-corrected chi connectivity index (χ4v) is 1.52. The maximum absolute atomic E-state index is 12.7. The van der Waals surface area contributed by atoms with Crippen molar-refractivity contribution in [2.45, 2.75) is 6.92 Å². The number of nitrogens with zero attached hydrogens (tertiary/aromatic N) is 1. The molecule has 1 aromatic carbocycles. The minimum atomic E-state index is -0.501. The minimum absolute atomic E-state index is 0.352. The fraction of sp³-hybridized carbons (Fsp3) is 0.0833. The van der Waals surface area contributed by atoms with Gasteiger partial charge in [-0.05, 0) is 42.8 Å². The van der Waals surface area contributed by atoms with Gasteiger partial charge < -0.3 is 5.21 Å². The summed E-state index contributed by atoms with van der Waals surface area (Å²) in [5.41, 5.74) is 1.18. The van der Waals surface area contributed by atoms with Gasteiger partial charge in [0.2, 0.25) is 0 Å². The third-order valence-corrected chi connectivity index (χ3v) is 2.29. The first kappa shape index (κ1) is 10.4. The zero-order valence-corrected chi connectivity index (χ0v) is 8.64. The average molecular weight is 219 g/mol. The molecule has 0 saturated carbocycles. The van der Waals surface area contributed by atoms with E-state index in [2.05, 4.69) is 0 Å². The maximum Gasteiger partial charge on any atom is 0.283 e. The van der Waals surface area contributed by atoms with Gasteiger partial charge in [0.25, 0.3) is 5.56 Å². The van der Waals surface area contributed by atoms with Crippen molar-refractivity contribution in [3.63, 3.8) is 0 Å². The second-order valence-corrected chi connectivity index (χ2v) is 3.57. The van der Waals surface area contributed by atoms with Gasteiger partial charge in [-0.15, -0.1) is 4.73 Å². The molecule has 0 bridgehead atoms. The van der Waals surface area contributed by atoms with E-state index in [9.17, 15) is 14.4 Å². The van der Waals surface area contributed by atoms with Crippen molar-refractivity contribution in [1.82, 2.24) is 4.73 Å². The molecule has 2 rings (SSSR count). The van der Waals surface area contributed by atoms with Gasteiger partial charge in [0, 0.05) is 11.6 Å². The van der Waals surface area contributed by atoms with Crippen molar-refractivity contribution in [1.29, 1.82) is 0 Å². The molecule has 0 aliphatic rings. The van der Waals surface area contributed by atoms with E-state index in [0.717, 1.165) is 5.56 Å². The van der Waals surface area contributed by atoms with E-state index in [4.69, 9.17) is 0 Å². The molecule has 4 heteroatoms. The largest absolute Gasteiger partial charge is 0.425 e. The van der Waals surface area contributed by atoms with Gasteiger partial charge in [-0.2, -0.15) is 0 Å². The van der Waals surface area contributed by atoms with Crippen LogP contribution >= 0.6 is 0 Å². The molecule has 0 amide bonds. The number of pyridine rings is 1. The smallest absolute Gasteiger partial charge is 0.283 e. The Morgan fingerprint density at radius 3 is 2.44 bits per heavy atom. The molecule has 0 saturated heterocycles. The van der Waals surface area contributed by atoms with Crippen LogP contribution in [0.25, 0.3) is 11.3 Å². The first-order chi connectivity index (χ1) is 7.58. The second kappa shape index (κ2) is 3.81.